The molecule has 2 N–H and O–H groups in total. The zero-order valence-corrected chi connectivity index (χ0v) is 17.4. The average Bonchev–Trinajstić information content (AvgIpc) is 2.72. The van der Waals surface area contributed by atoms with Crippen molar-refractivity contribution < 1.29 is 19.1 Å². The fourth-order valence-electron chi connectivity index (χ4n) is 3.41. The minimum atomic E-state index is -0.745. The second kappa shape index (κ2) is 10.2. The maximum Gasteiger partial charge on any atom is 0.251 e. The molecule has 0 bridgehead atoms. The van der Waals surface area contributed by atoms with E-state index in [1.165, 1.54) is 0 Å². The van der Waals surface area contributed by atoms with Crippen LogP contribution in [0.2, 0.25) is 0 Å². The predicted molar refractivity (Wildman–Crippen MR) is 116 cm³/mol. The number of carbonyl (C=O) groups is 3. The Morgan fingerprint density at radius 3 is 2.67 bits per heavy atom. The molecule has 3 rings (SSSR count). The van der Waals surface area contributed by atoms with Crippen LogP contribution in [0.4, 0.5) is 0 Å². The molecule has 158 valence electrons. The van der Waals surface area contributed by atoms with Gasteiger partial charge in [0.25, 0.3) is 5.91 Å². The minimum absolute atomic E-state index is 0.0341. The molecule has 30 heavy (non-hydrogen) atoms. The number of benzene rings is 2. The minimum Gasteiger partial charge on any atom is -0.373 e. The highest BCUT2D eigenvalue weighted by Crippen LogP contribution is 2.16. The van der Waals surface area contributed by atoms with Crippen LogP contribution >= 0.6 is 0 Å². The van der Waals surface area contributed by atoms with Gasteiger partial charge in [-0.15, -0.1) is 0 Å². The van der Waals surface area contributed by atoms with Gasteiger partial charge < -0.3 is 15.4 Å². The summed E-state index contributed by atoms with van der Waals surface area (Å²) in [5.74, 6) is -0.709. The molecular weight excluding hydrogens is 380 g/mol. The third-order valence-electron chi connectivity index (χ3n) is 4.99. The molecule has 1 aliphatic rings. The maximum absolute atomic E-state index is 12.9. The number of hydrogen-bond donors (Lipinski definition) is 2. The van der Waals surface area contributed by atoms with Crippen LogP contribution in [0.3, 0.4) is 0 Å². The summed E-state index contributed by atoms with van der Waals surface area (Å²) in [5.41, 5.74) is 0.491. The summed E-state index contributed by atoms with van der Waals surface area (Å²) in [6.07, 6.45) is 4.67. The van der Waals surface area contributed by atoms with Crippen LogP contribution in [0.5, 0.6) is 0 Å². The van der Waals surface area contributed by atoms with Gasteiger partial charge in [0.15, 0.2) is 5.78 Å². The molecule has 0 aliphatic carbocycles. The van der Waals surface area contributed by atoms with Crippen molar-refractivity contribution >= 4 is 28.4 Å². The average molecular weight is 408 g/mol. The molecule has 0 saturated carbocycles. The lowest BCUT2D eigenvalue weighted by Crippen LogP contribution is -2.52. The Labute approximate surface area is 176 Å². The standard InChI is InChI=1S/C24H28N2O4/c1-16(2)13-21(24(29)25-20-9-5-6-12-30-15-22(20)27)26-23(28)19-11-10-17-7-3-4-8-18(17)14-19/h3-5,7-11,14,16,20-21H,6,12-13,15H2,1-2H3,(H,25,29)(H,26,28)/b9-5-. The van der Waals surface area contributed by atoms with Crippen molar-refractivity contribution in [2.45, 2.75) is 38.8 Å². The number of nitrogens with one attached hydrogen (secondary N) is 2. The van der Waals surface area contributed by atoms with Gasteiger partial charge in [-0.1, -0.05) is 56.3 Å². The molecule has 6 heteroatoms. The lowest BCUT2D eigenvalue weighted by Gasteiger charge is -2.23. The third-order valence-corrected chi connectivity index (χ3v) is 4.99. The van der Waals surface area contributed by atoms with Crippen molar-refractivity contribution in [1.29, 1.82) is 0 Å². The van der Waals surface area contributed by atoms with E-state index in [-0.39, 0.29) is 30.1 Å². The smallest absolute Gasteiger partial charge is 0.251 e. The molecule has 2 aromatic carbocycles. The lowest BCUT2D eigenvalue weighted by molar-refractivity contribution is -0.130. The van der Waals surface area contributed by atoms with Gasteiger partial charge in [0.2, 0.25) is 5.91 Å². The molecule has 0 radical (unpaired) electrons. The first-order valence-electron chi connectivity index (χ1n) is 10.3. The van der Waals surface area contributed by atoms with Gasteiger partial charge in [-0.25, -0.2) is 0 Å². The second-order valence-corrected chi connectivity index (χ2v) is 7.94. The summed E-state index contributed by atoms with van der Waals surface area (Å²) in [5, 5.41) is 7.60. The number of Topliss-reactive ketones (excluding diaryl/α,β-unsaturated/α-hetero) is 1. The number of ether oxygens (including phenoxy) is 1. The Bertz CT molecular complexity index is 951. The van der Waals surface area contributed by atoms with E-state index in [9.17, 15) is 14.4 Å². The highest BCUT2D eigenvalue weighted by Gasteiger charge is 2.27. The van der Waals surface area contributed by atoms with E-state index in [0.29, 0.717) is 25.0 Å². The molecule has 2 amide bonds. The first kappa shape index (κ1) is 21.7. The van der Waals surface area contributed by atoms with E-state index >= 15 is 0 Å². The fraction of sp³-hybridized carbons (Fsp3) is 0.375. The van der Waals surface area contributed by atoms with Crippen LogP contribution in [-0.2, 0) is 14.3 Å². The van der Waals surface area contributed by atoms with Gasteiger partial charge in [-0.2, -0.15) is 0 Å². The van der Waals surface area contributed by atoms with Crippen LogP contribution in [0.1, 0.15) is 37.0 Å². The van der Waals surface area contributed by atoms with Crippen LogP contribution in [0.25, 0.3) is 10.8 Å². The Morgan fingerprint density at radius 2 is 1.90 bits per heavy atom. The number of amides is 2. The zero-order chi connectivity index (χ0) is 21.5. The largest absolute Gasteiger partial charge is 0.373 e. The number of fused-ring (bicyclic) bond motifs is 1. The van der Waals surface area contributed by atoms with Gasteiger partial charge in [-0.05, 0) is 41.7 Å². The summed E-state index contributed by atoms with van der Waals surface area (Å²) < 4.78 is 5.26. The van der Waals surface area contributed by atoms with Crippen LogP contribution in [0.15, 0.2) is 54.6 Å². The monoisotopic (exact) mass is 408 g/mol. The summed E-state index contributed by atoms with van der Waals surface area (Å²) in [6, 6.07) is 11.8. The van der Waals surface area contributed by atoms with E-state index in [4.69, 9.17) is 4.74 Å². The summed E-state index contributed by atoms with van der Waals surface area (Å²) in [4.78, 5) is 38.0. The van der Waals surface area contributed by atoms with Crippen LogP contribution in [-0.4, -0.2) is 42.9 Å². The first-order chi connectivity index (χ1) is 14.4. The highest BCUT2D eigenvalue weighted by atomic mass is 16.5. The number of rotatable bonds is 6. The van der Waals surface area contributed by atoms with Crippen molar-refractivity contribution in [1.82, 2.24) is 10.6 Å². The first-order valence-corrected chi connectivity index (χ1v) is 10.3. The molecule has 2 atom stereocenters. The van der Waals surface area contributed by atoms with Gasteiger partial charge >= 0.3 is 0 Å². The fourth-order valence-corrected chi connectivity index (χ4v) is 3.41. The van der Waals surface area contributed by atoms with Crippen molar-refractivity contribution in [3.05, 3.63) is 60.2 Å². The molecule has 0 saturated heterocycles. The molecule has 1 aliphatic heterocycles. The molecule has 2 unspecified atom stereocenters. The van der Waals surface area contributed by atoms with E-state index in [2.05, 4.69) is 10.6 Å². The predicted octanol–water partition coefficient (Wildman–Crippen LogP) is 3.01. The molecule has 0 aromatic heterocycles. The Kier molecular flexibility index (Phi) is 7.36. The van der Waals surface area contributed by atoms with Crippen LogP contribution < -0.4 is 10.6 Å². The van der Waals surface area contributed by atoms with Gasteiger partial charge in [0, 0.05) is 5.56 Å². The van der Waals surface area contributed by atoms with Crippen molar-refractivity contribution in [2.24, 2.45) is 5.92 Å². The summed E-state index contributed by atoms with van der Waals surface area (Å²) in [6.45, 7) is 4.42. The zero-order valence-electron chi connectivity index (χ0n) is 17.4. The molecule has 2 aromatic rings. The molecular formula is C24H28N2O4. The van der Waals surface area contributed by atoms with Gasteiger partial charge in [0.1, 0.15) is 18.7 Å². The Morgan fingerprint density at radius 1 is 1.13 bits per heavy atom. The Balaban J connectivity index is 1.73. The van der Waals surface area contributed by atoms with Crippen LogP contribution in [0, 0.1) is 5.92 Å². The number of hydrogen-bond acceptors (Lipinski definition) is 4. The molecule has 0 spiro atoms. The van der Waals surface area contributed by atoms with E-state index < -0.39 is 12.1 Å². The number of ketones is 1. The van der Waals surface area contributed by atoms with E-state index in [0.717, 1.165) is 10.8 Å². The SMILES string of the molecule is CC(C)CC(NC(=O)c1ccc2ccccc2c1)C(=O)NC1/C=C\CCOCC1=O. The number of carbonyl (C=O) groups excluding carboxylic acids is 3. The lowest BCUT2D eigenvalue weighted by atomic mass is 10.0. The quantitative estimate of drug-likeness (QED) is 0.720. The topological polar surface area (TPSA) is 84.5 Å². The third kappa shape index (κ3) is 5.76. The van der Waals surface area contributed by atoms with E-state index in [1.807, 2.05) is 56.3 Å². The molecule has 6 nitrogen and oxygen atoms in total. The molecule has 1 heterocycles. The van der Waals surface area contributed by atoms with Crippen molar-refractivity contribution in [2.75, 3.05) is 13.2 Å². The Hall–Kier alpha value is -2.99. The maximum atomic E-state index is 12.9. The van der Waals surface area contributed by atoms with Crippen molar-refractivity contribution in [3.63, 3.8) is 0 Å². The second-order valence-electron chi connectivity index (χ2n) is 7.94. The highest BCUT2D eigenvalue weighted by molar-refractivity contribution is 6.01. The summed E-state index contributed by atoms with van der Waals surface area (Å²) in [7, 11) is 0. The normalized spacial score (nSPS) is 19.0. The van der Waals surface area contributed by atoms with Gasteiger partial charge in [-0.3, -0.25) is 14.4 Å². The van der Waals surface area contributed by atoms with E-state index in [1.54, 1.807) is 12.1 Å². The van der Waals surface area contributed by atoms with Crippen molar-refractivity contribution in [3.8, 4) is 0 Å². The molecule has 0 fully saturated rings. The summed E-state index contributed by atoms with van der Waals surface area (Å²) >= 11 is 0. The van der Waals surface area contributed by atoms with Gasteiger partial charge in [0.05, 0.1) is 6.61 Å².